The summed E-state index contributed by atoms with van der Waals surface area (Å²) in [6, 6.07) is 0. The van der Waals surface area contributed by atoms with Gasteiger partial charge in [-0.25, -0.2) is 0 Å². The minimum atomic E-state index is -1.80. The lowest BCUT2D eigenvalue weighted by atomic mass is 9.79. The number of rotatable bonds is 5. The van der Waals surface area contributed by atoms with E-state index in [4.69, 9.17) is 9.47 Å². The molecule has 0 aromatic rings. The van der Waals surface area contributed by atoms with Crippen molar-refractivity contribution in [1.82, 2.24) is 0 Å². The zero-order chi connectivity index (χ0) is 13.8. The first kappa shape index (κ1) is 14.4. The van der Waals surface area contributed by atoms with Crippen molar-refractivity contribution in [2.45, 2.75) is 33.0 Å². The van der Waals surface area contributed by atoms with Gasteiger partial charge in [-0.15, -0.1) is 0 Å². The largest absolute Gasteiger partial charge is 0.480 e. The minimum absolute atomic E-state index is 0.125. The molecule has 18 heavy (non-hydrogen) atoms. The van der Waals surface area contributed by atoms with Crippen LogP contribution in [0.15, 0.2) is 24.3 Å². The summed E-state index contributed by atoms with van der Waals surface area (Å²) in [5, 5.41) is 9.40. The molecule has 0 fully saturated rings. The highest BCUT2D eigenvalue weighted by Crippen LogP contribution is 2.33. The second-order valence-electron chi connectivity index (χ2n) is 4.24. The Bertz CT molecular complexity index is 383. The first-order valence-corrected chi connectivity index (χ1v) is 5.87. The highest BCUT2D eigenvalue weighted by atomic mass is 16.5. The van der Waals surface area contributed by atoms with Gasteiger partial charge >= 0.3 is 11.9 Å². The summed E-state index contributed by atoms with van der Waals surface area (Å²) in [7, 11) is 0. The Kier molecular flexibility index (Phi) is 4.67. The van der Waals surface area contributed by atoms with Crippen LogP contribution in [0, 0.1) is 5.41 Å². The van der Waals surface area contributed by atoms with E-state index in [2.05, 4.69) is 0 Å². The smallest absolute Gasteiger partial charge is 0.330 e. The van der Waals surface area contributed by atoms with Gasteiger partial charge in [-0.05, 0) is 20.8 Å². The van der Waals surface area contributed by atoms with Gasteiger partial charge in [-0.2, -0.15) is 0 Å². The number of ether oxygens (including phenoxy) is 2. The van der Waals surface area contributed by atoms with Gasteiger partial charge < -0.3 is 14.6 Å². The zero-order valence-electron chi connectivity index (χ0n) is 10.8. The average molecular weight is 254 g/mol. The van der Waals surface area contributed by atoms with Crippen LogP contribution in [-0.4, -0.2) is 35.9 Å². The molecule has 0 amide bonds. The lowest BCUT2D eigenvalue weighted by molar-refractivity contribution is -0.174. The van der Waals surface area contributed by atoms with Crippen LogP contribution in [0.4, 0.5) is 0 Å². The number of hydrogen-bond acceptors (Lipinski definition) is 4. The molecule has 5 heteroatoms. The van der Waals surface area contributed by atoms with Crippen molar-refractivity contribution in [2.24, 2.45) is 5.41 Å². The van der Waals surface area contributed by atoms with Crippen LogP contribution in [0.5, 0.6) is 0 Å². The molecule has 0 heterocycles. The number of aliphatic carboxylic acids is 1. The van der Waals surface area contributed by atoms with Gasteiger partial charge in [0.25, 0.3) is 0 Å². The maximum atomic E-state index is 12.0. The van der Waals surface area contributed by atoms with Crippen molar-refractivity contribution in [3.05, 3.63) is 24.3 Å². The van der Waals surface area contributed by atoms with E-state index in [-0.39, 0.29) is 12.7 Å². The number of carbonyl (C=O) groups excluding carboxylic acids is 1. The lowest BCUT2D eigenvalue weighted by Crippen LogP contribution is -2.50. The van der Waals surface area contributed by atoms with Crippen LogP contribution in [0.3, 0.4) is 0 Å². The Labute approximate surface area is 106 Å². The predicted molar refractivity (Wildman–Crippen MR) is 65.0 cm³/mol. The first-order valence-electron chi connectivity index (χ1n) is 5.87. The second kappa shape index (κ2) is 5.82. The van der Waals surface area contributed by atoms with Crippen LogP contribution in [0.2, 0.25) is 0 Å². The van der Waals surface area contributed by atoms with Gasteiger partial charge in [0.1, 0.15) is 6.10 Å². The molecule has 5 nitrogen and oxygen atoms in total. The van der Waals surface area contributed by atoms with Crippen molar-refractivity contribution in [1.29, 1.82) is 0 Å². The number of carbonyl (C=O) groups is 2. The second-order valence-corrected chi connectivity index (χ2v) is 4.24. The van der Waals surface area contributed by atoms with Crippen LogP contribution in [-0.2, 0) is 19.1 Å². The van der Waals surface area contributed by atoms with Crippen LogP contribution in [0.25, 0.3) is 0 Å². The standard InChI is InChI=1S/C13H18O5/c1-4-17-12(16)13(11(14)15)8-6-5-7-10(13)18-9(2)3/h5-10H,4H2,1-3H3,(H,14,15). The fourth-order valence-electron chi connectivity index (χ4n) is 1.78. The topological polar surface area (TPSA) is 72.8 Å². The Morgan fingerprint density at radius 3 is 2.56 bits per heavy atom. The molecular weight excluding hydrogens is 236 g/mol. The number of carboxylic acids is 1. The molecule has 2 atom stereocenters. The molecule has 0 aromatic carbocycles. The van der Waals surface area contributed by atoms with Crippen molar-refractivity contribution >= 4 is 11.9 Å². The van der Waals surface area contributed by atoms with Gasteiger partial charge in [-0.3, -0.25) is 9.59 Å². The van der Waals surface area contributed by atoms with E-state index in [1.165, 1.54) is 12.2 Å². The predicted octanol–water partition coefficient (Wildman–Crippen LogP) is 1.54. The van der Waals surface area contributed by atoms with E-state index in [0.29, 0.717) is 0 Å². The Hall–Kier alpha value is -1.62. The van der Waals surface area contributed by atoms with Crippen LogP contribution in [0.1, 0.15) is 20.8 Å². The monoisotopic (exact) mass is 254 g/mol. The third-order valence-electron chi connectivity index (χ3n) is 2.59. The molecule has 0 saturated heterocycles. The summed E-state index contributed by atoms with van der Waals surface area (Å²) in [5.74, 6) is -2.07. The molecule has 1 rings (SSSR count). The van der Waals surface area contributed by atoms with E-state index in [9.17, 15) is 14.7 Å². The summed E-state index contributed by atoms with van der Waals surface area (Å²) >= 11 is 0. The maximum absolute atomic E-state index is 12.0. The lowest BCUT2D eigenvalue weighted by Gasteiger charge is -2.33. The molecule has 1 N–H and O–H groups in total. The van der Waals surface area contributed by atoms with E-state index in [1.807, 2.05) is 0 Å². The summed E-state index contributed by atoms with van der Waals surface area (Å²) < 4.78 is 10.4. The van der Waals surface area contributed by atoms with E-state index in [1.54, 1.807) is 32.9 Å². The molecule has 100 valence electrons. The van der Waals surface area contributed by atoms with E-state index in [0.717, 1.165) is 0 Å². The minimum Gasteiger partial charge on any atom is -0.480 e. The summed E-state index contributed by atoms with van der Waals surface area (Å²) in [6.45, 7) is 5.32. The van der Waals surface area contributed by atoms with E-state index < -0.39 is 23.5 Å². The van der Waals surface area contributed by atoms with Gasteiger partial charge in [0.15, 0.2) is 0 Å². The number of esters is 1. The molecule has 0 radical (unpaired) electrons. The first-order chi connectivity index (χ1) is 8.45. The summed E-state index contributed by atoms with van der Waals surface area (Å²) in [6.07, 6.45) is 5.00. The van der Waals surface area contributed by atoms with E-state index >= 15 is 0 Å². The summed E-state index contributed by atoms with van der Waals surface area (Å²) in [5.41, 5.74) is -1.80. The third-order valence-corrected chi connectivity index (χ3v) is 2.59. The SMILES string of the molecule is CCOC(=O)C1(C(=O)O)C=CC=CC1OC(C)C. The molecule has 1 aliphatic rings. The molecule has 0 aliphatic heterocycles. The Morgan fingerprint density at radius 1 is 1.39 bits per heavy atom. The molecule has 2 unspecified atom stereocenters. The molecule has 0 spiro atoms. The molecule has 0 aromatic heterocycles. The highest BCUT2D eigenvalue weighted by molar-refractivity contribution is 6.03. The van der Waals surface area contributed by atoms with Crippen molar-refractivity contribution in [2.75, 3.05) is 6.61 Å². The molecule has 0 bridgehead atoms. The number of carboxylic acid groups (broad SMARTS) is 1. The third kappa shape index (κ3) is 2.61. The van der Waals surface area contributed by atoms with Gasteiger partial charge in [0.05, 0.1) is 12.7 Å². The van der Waals surface area contributed by atoms with Crippen molar-refractivity contribution < 1.29 is 24.2 Å². The Morgan fingerprint density at radius 2 is 2.06 bits per heavy atom. The maximum Gasteiger partial charge on any atom is 0.330 e. The quantitative estimate of drug-likeness (QED) is 0.595. The fourth-order valence-corrected chi connectivity index (χ4v) is 1.78. The average Bonchev–Trinajstić information content (AvgIpc) is 2.28. The zero-order valence-corrected chi connectivity index (χ0v) is 10.8. The molecule has 1 aliphatic carbocycles. The van der Waals surface area contributed by atoms with Crippen molar-refractivity contribution in [3.8, 4) is 0 Å². The normalized spacial score (nSPS) is 26.3. The van der Waals surface area contributed by atoms with Crippen molar-refractivity contribution in [3.63, 3.8) is 0 Å². The fraction of sp³-hybridized carbons (Fsp3) is 0.538. The van der Waals surface area contributed by atoms with Gasteiger partial charge in [0.2, 0.25) is 5.41 Å². The molecule has 0 saturated carbocycles. The van der Waals surface area contributed by atoms with Gasteiger partial charge in [0, 0.05) is 0 Å². The van der Waals surface area contributed by atoms with Crippen LogP contribution < -0.4 is 0 Å². The van der Waals surface area contributed by atoms with Crippen LogP contribution >= 0.6 is 0 Å². The number of allylic oxidation sites excluding steroid dienone is 2. The Balaban J connectivity index is 3.13. The number of hydrogen-bond donors (Lipinski definition) is 1. The van der Waals surface area contributed by atoms with Gasteiger partial charge in [-0.1, -0.05) is 24.3 Å². The molecular formula is C13H18O5. The highest BCUT2D eigenvalue weighted by Gasteiger charge is 2.53. The summed E-state index contributed by atoms with van der Waals surface area (Å²) in [4.78, 5) is 23.5.